The minimum atomic E-state index is 0. The number of thiazole rings is 1. The number of halogens is 1. The zero-order chi connectivity index (χ0) is 21.2. The summed E-state index contributed by atoms with van der Waals surface area (Å²) in [7, 11) is 1.86. The highest BCUT2D eigenvalue weighted by Gasteiger charge is 2.20. The van der Waals surface area contributed by atoms with E-state index in [2.05, 4.69) is 70.1 Å². The van der Waals surface area contributed by atoms with Gasteiger partial charge in [0.15, 0.2) is 5.96 Å². The number of aryl methyl sites for hydroxylation is 2. The van der Waals surface area contributed by atoms with Crippen molar-refractivity contribution in [3.8, 4) is 0 Å². The molecule has 172 valence electrons. The number of hydrogen-bond donors (Lipinski definition) is 2. The molecule has 1 aliphatic rings. The number of rotatable bonds is 9. The minimum Gasteiger partial charge on any atom is -0.356 e. The summed E-state index contributed by atoms with van der Waals surface area (Å²) in [5.74, 6) is 1.63. The third kappa shape index (κ3) is 9.06. The van der Waals surface area contributed by atoms with E-state index in [9.17, 15) is 0 Å². The van der Waals surface area contributed by atoms with Gasteiger partial charge in [-0.1, -0.05) is 37.3 Å². The molecule has 2 heterocycles. The van der Waals surface area contributed by atoms with Gasteiger partial charge in [-0.3, -0.25) is 9.89 Å². The second-order valence-electron chi connectivity index (χ2n) is 8.33. The lowest BCUT2D eigenvalue weighted by Gasteiger charge is -2.32. The van der Waals surface area contributed by atoms with Crippen LogP contribution in [0.2, 0.25) is 0 Å². The molecule has 2 N–H and O–H groups in total. The predicted molar refractivity (Wildman–Crippen MR) is 144 cm³/mol. The van der Waals surface area contributed by atoms with Gasteiger partial charge in [-0.15, -0.1) is 35.3 Å². The topological polar surface area (TPSA) is 52.6 Å². The molecule has 31 heavy (non-hydrogen) atoms. The average molecular weight is 556 g/mol. The van der Waals surface area contributed by atoms with E-state index in [0.29, 0.717) is 12.0 Å². The largest absolute Gasteiger partial charge is 0.356 e. The molecule has 5 nitrogen and oxygen atoms in total. The molecule has 1 aromatic heterocycles. The zero-order valence-electron chi connectivity index (χ0n) is 19.1. The molecule has 7 heteroatoms. The van der Waals surface area contributed by atoms with Crippen molar-refractivity contribution in [3.63, 3.8) is 0 Å². The maximum absolute atomic E-state index is 4.71. The molecule has 0 amide bonds. The first kappa shape index (κ1) is 26.1. The van der Waals surface area contributed by atoms with E-state index >= 15 is 0 Å². The van der Waals surface area contributed by atoms with Crippen LogP contribution in [0.1, 0.15) is 49.4 Å². The number of hydrogen-bond acceptors (Lipinski definition) is 4. The number of likely N-dealkylation sites (tertiary alicyclic amines) is 1. The Bertz CT molecular complexity index is 771. The number of guanidine groups is 1. The normalized spacial score (nSPS) is 16.5. The van der Waals surface area contributed by atoms with Crippen molar-refractivity contribution in [2.45, 2.75) is 58.5 Å². The van der Waals surface area contributed by atoms with Gasteiger partial charge in [0.2, 0.25) is 0 Å². The second kappa shape index (κ2) is 14.1. The van der Waals surface area contributed by atoms with E-state index < -0.39 is 0 Å². The van der Waals surface area contributed by atoms with Crippen LogP contribution in [0.15, 0.2) is 40.7 Å². The fraction of sp³-hybridized carbons (Fsp3) is 0.583. The summed E-state index contributed by atoms with van der Waals surface area (Å²) in [6.45, 7) is 8.72. The van der Waals surface area contributed by atoms with Crippen LogP contribution in [0.5, 0.6) is 0 Å². The average Bonchev–Trinajstić information content (AvgIpc) is 3.24. The molecule has 1 unspecified atom stereocenters. The lowest BCUT2D eigenvalue weighted by molar-refractivity contribution is 0.176. The molecule has 0 radical (unpaired) electrons. The highest BCUT2D eigenvalue weighted by Crippen LogP contribution is 2.19. The Morgan fingerprint density at radius 2 is 2.00 bits per heavy atom. The van der Waals surface area contributed by atoms with E-state index in [1.54, 1.807) is 11.3 Å². The van der Waals surface area contributed by atoms with Crippen molar-refractivity contribution >= 4 is 41.3 Å². The second-order valence-corrected chi connectivity index (χ2v) is 9.27. The molecule has 3 rings (SSSR count). The molecule has 1 aromatic carbocycles. The summed E-state index contributed by atoms with van der Waals surface area (Å²) in [6, 6.07) is 11.1. The quantitative estimate of drug-likeness (QED) is 0.267. The molecular formula is C24H38IN5S. The molecule has 1 aliphatic heterocycles. The molecular weight excluding hydrogens is 517 g/mol. The Balaban J connectivity index is 0.00000341. The van der Waals surface area contributed by atoms with Gasteiger partial charge in [-0.2, -0.15) is 0 Å². The van der Waals surface area contributed by atoms with Crippen LogP contribution >= 0.6 is 35.3 Å². The zero-order valence-corrected chi connectivity index (χ0v) is 22.3. The van der Waals surface area contributed by atoms with Gasteiger partial charge in [0.05, 0.1) is 10.7 Å². The Hall–Kier alpha value is -1.19. The van der Waals surface area contributed by atoms with Crippen LogP contribution < -0.4 is 10.6 Å². The molecule has 2 aromatic rings. The molecule has 0 saturated carbocycles. The van der Waals surface area contributed by atoms with E-state index in [1.165, 1.54) is 29.1 Å². The number of aromatic nitrogens is 1. The van der Waals surface area contributed by atoms with Crippen LogP contribution in [-0.4, -0.2) is 48.6 Å². The number of nitrogens with one attached hydrogen (secondary N) is 2. The summed E-state index contributed by atoms with van der Waals surface area (Å²) in [6.07, 6.45) is 5.69. The van der Waals surface area contributed by atoms with Gasteiger partial charge in [0, 0.05) is 31.6 Å². The third-order valence-corrected chi connectivity index (χ3v) is 6.91. The van der Waals surface area contributed by atoms with Crippen LogP contribution in [-0.2, 0) is 19.4 Å². The van der Waals surface area contributed by atoms with Gasteiger partial charge in [0.1, 0.15) is 0 Å². The van der Waals surface area contributed by atoms with Gasteiger partial charge >= 0.3 is 0 Å². The number of aliphatic imine (C=N–C) groups is 1. The van der Waals surface area contributed by atoms with Crippen LogP contribution in [0.4, 0.5) is 0 Å². The van der Waals surface area contributed by atoms with Crippen LogP contribution in [0.3, 0.4) is 0 Å². The van der Waals surface area contributed by atoms with E-state index in [4.69, 9.17) is 4.98 Å². The number of piperidine rings is 1. The minimum absolute atomic E-state index is 0. The van der Waals surface area contributed by atoms with Crippen molar-refractivity contribution < 1.29 is 0 Å². The van der Waals surface area contributed by atoms with Crippen molar-refractivity contribution in [1.29, 1.82) is 0 Å². The maximum atomic E-state index is 4.71. The first-order valence-corrected chi connectivity index (χ1v) is 12.2. The monoisotopic (exact) mass is 555 g/mol. The van der Waals surface area contributed by atoms with Crippen LogP contribution in [0.25, 0.3) is 0 Å². The molecule has 1 fully saturated rings. The number of benzene rings is 1. The SMILES string of the molecule is CCc1nc(CN2CCC(CNC(=NC)NC(C)CCc3ccccc3)CC2)cs1.I. The van der Waals surface area contributed by atoms with E-state index in [0.717, 1.165) is 51.4 Å². The lowest BCUT2D eigenvalue weighted by Crippen LogP contribution is -2.45. The first-order valence-electron chi connectivity index (χ1n) is 11.3. The Morgan fingerprint density at radius 1 is 1.26 bits per heavy atom. The highest BCUT2D eigenvalue weighted by atomic mass is 127. The van der Waals surface area contributed by atoms with Gasteiger partial charge < -0.3 is 10.6 Å². The molecule has 1 atom stereocenters. The summed E-state index contributed by atoms with van der Waals surface area (Å²) >= 11 is 1.79. The summed E-state index contributed by atoms with van der Waals surface area (Å²) in [5, 5.41) is 10.6. The van der Waals surface area contributed by atoms with E-state index in [1.807, 2.05) is 7.05 Å². The maximum Gasteiger partial charge on any atom is 0.191 e. The standard InChI is InChI=1S/C24H37N5S.HI/c1-4-23-28-22(18-30-23)17-29-14-12-21(13-15-29)16-26-24(25-3)27-19(2)10-11-20-8-6-5-7-9-20;/h5-9,18-19,21H,4,10-17H2,1-3H3,(H2,25,26,27);1H. The Labute approximate surface area is 209 Å². The summed E-state index contributed by atoms with van der Waals surface area (Å²) in [5.41, 5.74) is 2.63. The van der Waals surface area contributed by atoms with Gasteiger partial charge in [-0.05, 0) is 63.6 Å². The van der Waals surface area contributed by atoms with Crippen molar-refractivity contribution in [1.82, 2.24) is 20.5 Å². The Kier molecular flexibility index (Phi) is 11.8. The predicted octanol–water partition coefficient (Wildman–Crippen LogP) is 4.72. The molecule has 0 aliphatic carbocycles. The van der Waals surface area contributed by atoms with Gasteiger partial charge in [0.25, 0.3) is 0 Å². The lowest BCUT2D eigenvalue weighted by atomic mass is 9.97. The smallest absolute Gasteiger partial charge is 0.191 e. The van der Waals surface area contributed by atoms with Gasteiger partial charge in [-0.25, -0.2) is 4.98 Å². The number of nitrogens with zero attached hydrogens (tertiary/aromatic N) is 3. The summed E-state index contributed by atoms with van der Waals surface area (Å²) in [4.78, 5) is 11.7. The first-order chi connectivity index (χ1) is 14.7. The van der Waals surface area contributed by atoms with E-state index in [-0.39, 0.29) is 24.0 Å². The van der Waals surface area contributed by atoms with Crippen molar-refractivity contribution in [3.05, 3.63) is 52.0 Å². The molecule has 1 saturated heterocycles. The highest BCUT2D eigenvalue weighted by molar-refractivity contribution is 14.0. The van der Waals surface area contributed by atoms with Crippen LogP contribution in [0, 0.1) is 5.92 Å². The Morgan fingerprint density at radius 3 is 2.65 bits per heavy atom. The molecule has 0 spiro atoms. The third-order valence-electron chi connectivity index (χ3n) is 5.87. The summed E-state index contributed by atoms with van der Waals surface area (Å²) < 4.78 is 0. The molecule has 0 bridgehead atoms. The fourth-order valence-corrected chi connectivity index (χ4v) is 4.67. The van der Waals surface area contributed by atoms with Crippen molar-refractivity contribution in [2.24, 2.45) is 10.9 Å². The fourth-order valence-electron chi connectivity index (χ4n) is 3.93. The van der Waals surface area contributed by atoms with Crippen molar-refractivity contribution in [2.75, 3.05) is 26.7 Å².